The van der Waals surface area contributed by atoms with Crippen molar-refractivity contribution in [3.05, 3.63) is 52.3 Å². The van der Waals surface area contributed by atoms with Gasteiger partial charge < -0.3 is 10.5 Å². The van der Waals surface area contributed by atoms with Crippen molar-refractivity contribution >= 4 is 5.97 Å². The molecule has 0 atom stereocenters. The van der Waals surface area contributed by atoms with Crippen molar-refractivity contribution < 1.29 is 9.53 Å². The number of benzene rings is 1. The van der Waals surface area contributed by atoms with Gasteiger partial charge in [-0.1, -0.05) is 19.9 Å². The average molecular weight is 340 g/mol. The topological polar surface area (TPSA) is 65.2 Å². The quantitative estimate of drug-likeness (QED) is 0.800. The summed E-state index contributed by atoms with van der Waals surface area (Å²) < 4.78 is 5.23. The summed E-state index contributed by atoms with van der Waals surface area (Å²) in [5, 5.41) is 0. The van der Waals surface area contributed by atoms with Gasteiger partial charge in [0.25, 0.3) is 0 Å². The summed E-state index contributed by atoms with van der Waals surface area (Å²) in [7, 11) is 0. The minimum Gasteiger partial charge on any atom is -0.462 e. The van der Waals surface area contributed by atoms with E-state index >= 15 is 0 Å². The molecule has 0 bridgehead atoms. The lowest BCUT2D eigenvalue weighted by atomic mass is 9.84. The summed E-state index contributed by atoms with van der Waals surface area (Å²) in [6.45, 7) is 11.2. The fourth-order valence-electron chi connectivity index (χ4n) is 3.39. The molecular formula is C21H28N2O2. The van der Waals surface area contributed by atoms with Crippen LogP contribution in [0.15, 0.2) is 24.5 Å². The largest absolute Gasteiger partial charge is 0.462 e. The van der Waals surface area contributed by atoms with E-state index in [1.54, 1.807) is 12.4 Å². The number of aryl methyl sites for hydroxylation is 2. The van der Waals surface area contributed by atoms with Crippen molar-refractivity contribution in [2.45, 2.75) is 47.6 Å². The fraction of sp³-hybridized carbons (Fsp3) is 0.429. The molecule has 0 radical (unpaired) electrons. The smallest absolute Gasteiger partial charge is 0.340 e. The van der Waals surface area contributed by atoms with Crippen LogP contribution in [0, 0.1) is 19.8 Å². The van der Waals surface area contributed by atoms with E-state index in [0.717, 1.165) is 23.1 Å². The average Bonchev–Trinajstić information content (AvgIpc) is 2.55. The van der Waals surface area contributed by atoms with Crippen molar-refractivity contribution in [2.24, 2.45) is 11.7 Å². The third-order valence-electron chi connectivity index (χ3n) is 4.37. The molecule has 0 fully saturated rings. The van der Waals surface area contributed by atoms with Gasteiger partial charge in [0.2, 0.25) is 0 Å². The number of esters is 1. The molecule has 0 aliphatic carbocycles. The van der Waals surface area contributed by atoms with Crippen molar-refractivity contribution in [1.82, 2.24) is 4.98 Å². The molecular weight excluding hydrogens is 312 g/mol. The Labute approximate surface area is 150 Å². The van der Waals surface area contributed by atoms with E-state index in [-0.39, 0.29) is 5.97 Å². The summed E-state index contributed by atoms with van der Waals surface area (Å²) in [6.07, 6.45) is 4.22. The normalized spacial score (nSPS) is 11.0. The van der Waals surface area contributed by atoms with Gasteiger partial charge in [-0.2, -0.15) is 0 Å². The number of nitrogens with zero attached hydrogens (tertiary/aromatic N) is 1. The van der Waals surface area contributed by atoms with Crippen molar-refractivity contribution in [3.8, 4) is 11.1 Å². The van der Waals surface area contributed by atoms with Crippen LogP contribution in [0.5, 0.6) is 0 Å². The van der Waals surface area contributed by atoms with Gasteiger partial charge in [0.1, 0.15) is 0 Å². The number of hydrogen-bond donors (Lipinski definition) is 1. The number of rotatable bonds is 6. The van der Waals surface area contributed by atoms with Crippen molar-refractivity contribution in [3.63, 3.8) is 0 Å². The lowest BCUT2D eigenvalue weighted by Crippen LogP contribution is -2.12. The summed E-state index contributed by atoms with van der Waals surface area (Å²) in [5.41, 5.74) is 13.3. The minimum absolute atomic E-state index is 0.338. The number of ether oxygens (including phenoxy) is 1. The molecule has 25 heavy (non-hydrogen) atoms. The van der Waals surface area contributed by atoms with Crippen LogP contribution >= 0.6 is 0 Å². The summed E-state index contributed by atoms with van der Waals surface area (Å²) in [5.74, 6) is 0.147. The van der Waals surface area contributed by atoms with Gasteiger partial charge in [-0.15, -0.1) is 0 Å². The molecule has 0 aliphatic heterocycles. The second-order valence-corrected chi connectivity index (χ2v) is 6.79. The molecule has 0 spiro atoms. The molecule has 2 aromatic rings. The van der Waals surface area contributed by atoms with Crippen LogP contribution in [0.2, 0.25) is 0 Å². The van der Waals surface area contributed by atoms with Gasteiger partial charge in [-0.05, 0) is 72.6 Å². The number of aromatic nitrogens is 1. The van der Waals surface area contributed by atoms with Gasteiger partial charge in [0.15, 0.2) is 0 Å². The second-order valence-electron chi connectivity index (χ2n) is 6.79. The van der Waals surface area contributed by atoms with Crippen molar-refractivity contribution in [2.75, 3.05) is 6.61 Å². The second kappa shape index (κ2) is 8.26. The highest BCUT2D eigenvalue weighted by molar-refractivity contribution is 5.98. The summed E-state index contributed by atoms with van der Waals surface area (Å²) in [4.78, 5) is 16.5. The highest BCUT2D eigenvalue weighted by Gasteiger charge is 2.21. The molecule has 0 unspecified atom stereocenters. The third kappa shape index (κ3) is 4.07. The van der Waals surface area contributed by atoms with Gasteiger partial charge in [0.05, 0.1) is 12.2 Å². The Bertz CT molecular complexity index is 767. The lowest BCUT2D eigenvalue weighted by Gasteiger charge is -2.22. The Balaban J connectivity index is 2.77. The van der Waals surface area contributed by atoms with Crippen LogP contribution in [0.1, 0.15) is 53.4 Å². The van der Waals surface area contributed by atoms with E-state index in [2.05, 4.69) is 38.7 Å². The zero-order valence-electron chi connectivity index (χ0n) is 15.8. The predicted molar refractivity (Wildman–Crippen MR) is 102 cm³/mol. The van der Waals surface area contributed by atoms with E-state index in [1.165, 1.54) is 16.7 Å². The van der Waals surface area contributed by atoms with E-state index in [4.69, 9.17) is 10.5 Å². The number of hydrogen-bond acceptors (Lipinski definition) is 4. The monoisotopic (exact) mass is 340 g/mol. The minimum atomic E-state index is -0.338. The van der Waals surface area contributed by atoms with E-state index in [9.17, 15) is 4.79 Å². The van der Waals surface area contributed by atoms with E-state index in [1.807, 2.05) is 13.0 Å². The van der Waals surface area contributed by atoms with E-state index in [0.29, 0.717) is 24.6 Å². The molecule has 1 aromatic carbocycles. The first-order valence-corrected chi connectivity index (χ1v) is 8.84. The van der Waals surface area contributed by atoms with Crippen LogP contribution in [0.3, 0.4) is 0 Å². The zero-order valence-corrected chi connectivity index (χ0v) is 15.8. The van der Waals surface area contributed by atoms with Gasteiger partial charge >= 0.3 is 5.97 Å². The first-order valence-electron chi connectivity index (χ1n) is 8.84. The fourth-order valence-corrected chi connectivity index (χ4v) is 3.39. The molecule has 0 saturated carbocycles. The molecule has 0 amide bonds. The maximum atomic E-state index is 12.4. The summed E-state index contributed by atoms with van der Waals surface area (Å²) >= 11 is 0. The molecule has 4 nitrogen and oxygen atoms in total. The van der Waals surface area contributed by atoms with Crippen LogP contribution in [-0.4, -0.2) is 17.6 Å². The number of carbonyl (C=O) groups is 1. The van der Waals surface area contributed by atoms with Crippen LogP contribution < -0.4 is 5.73 Å². The predicted octanol–water partition coefficient (Wildman–Crippen LogP) is 4.20. The number of pyridine rings is 1. The lowest BCUT2D eigenvalue weighted by molar-refractivity contribution is 0.0527. The molecule has 4 heteroatoms. The van der Waals surface area contributed by atoms with Crippen LogP contribution in [-0.2, 0) is 17.7 Å². The Hall–Kier alpha value is -2.20. The van der Waals surface area contributed by atoms with Gasteiger partial charge in [-0.3, -0.25) is 4.98 Å². The number of carbonyl (C=O) groups excluding carboxylic acids is 1. The Kier molecular flexibility index (Phi) is 6.32. The highest BCUT2D eigenvalue weighted by atomic mass is 16.5. The first-order chi connectivity index (χ1) is 11.9. The molecule has 0 aliphatic rings. The molecule has 0 saturated heterocycles. The number of nitrogens with two attached hydrogens (primary N) is 1. The van der Waals surface area contributed by atoms with Crippen molar-refractivity contribution in [1.29, 1.82) is 0 Å². The molecule has 2 rings (SSSR count). The highest BCUT2D eigenvalue weighted by Crippen LogP contribution is 2.35. The Morgan fingerprint density at radius 3 is 2.56 bits per heavy atom. The molecule has 2 N–H and O–H groups in total. The van der Waals surface area contributed by atoms with Crippen LogP contribution in [0.25, 0.3) is 11.1 Å². The molecule has 134 valence electrons. The Morgan fingerprint density at radius 1 is 1.24 bits per heavy atom. The third-order valence-corrected chi connectivity index (χ3v) is 4.37. The first kappa shape index (κ1) is 19.1. The molecule has 1 heterocycles. The molecule has 1 aromatic heterocycles. The van der Waals surface area contributed by atoms with E-state index < -0.39 is 0 Å². The Morgan fingerprint density at radius 2 is 1.96 bits per heavy atom. The van der Waals surface area contributed by atoms with Gasteiger partial charge in [-0.25, -0.2) is 4.79 Å². The zero-order chi connectivity index (χ0) is 18.6. The summed E-state index contributed by atoms with van der Waals surface area (Å²) in [6, 6.07) is 4.05. The SMILES string of the molecule is CCOC(=O)c1cnccc1-c1c(C)cc(C)c(CN)c1CC(C)C. The maximum absolute atomic E-state index is 12.4. The van der Waals surface area contributed by atoms with Gasteiger partial charge in [0, 0.05) is 18.9 Å². The standard InChI is InChI=1S/C21H28N2O2/c1-6-25-21(24)19-12-23-8-7-16(19)20-15(5)10-14(4)18(11-22)17(20)9-13(2)3/h7-8,10,12-13H,6,9,11,22H2,1-5H3. The van der Waals surface area contributed by atoms with Crippen LogP contribution in [0.4, 0.5) is 0 Å². The maximum Gasteiger partial charge on any atom is 0.340 e.